The van der Waals surface area contributed by atoms with Crippen molar-refractivity contribution in [3.63, 3.8) is 0 Å². The predicted molar refractivity (Wildman–Crippen MR) is 92.7 cm³/mol. The van der Waals surface area contributed by atoms with Crippen molar-refractivity contribution in [2.24, 2.45) is 5.92 Å². The minimum atomic E-state index is 0.0482. The zero-order chi connectivity index (χ0) is 16.4. The summed E-state index contributed by atoms with van der Waals surface area (Å²) in [5, 5.41) is 0. The van der Waals surface area contributed by atoms with E-state index in [2.05, 4.69) is 51.1 Å². The van der Waals surface area contributed by atoms with Gasteiger partial charge in [-0.25, -0.2) is 0 Å². The first-order valence-corrected chi connectivity index (χ1v) is 8.57. The highest BCUT2D eigenvalue weighted by molar-refractivity contribution is 5.80. The van der Waals surface area contributed by atoms with E-state index in [1.165, 1.54) is 5.56 Å². The van der Waals surface area contributed by atoms with Gasteiger partial charge in [-0.2, -0.15) is 0 Å². The summed E-state index contributed by atoms with van der Waals surface area (Å²) in [6.07, 6.45) is 5.91. The summed E-state index contributed by atoms with van der Waals surface area (Å²) < 4.78 is 0. The Morgan fingerprint density at radius 1 is 1.12 bits per heavy atom. The molecule has 1 aliphatic heterocycles. The molecule has 1 aromatic heterocycles. The van der Waals surface area contributed by atoms with Crippen LogP contribution >= 0.6 is 0 Å². The fraction of sp³-hybridized carbons (Fsp3) is 0.368. The SMILES string of the molecule is O=C(C1CNNC1)N(Cc1cccc(-c2cccnc2)c1)C1CC1. The number of pyridine rings is 1. The van der Waals surface area contributed by atoms with Crippen molar-refractivity contribution in [3.8, 4) is 11.1 Å². The van der Waals surface area contributed by atoms with E-state index in [0.717, 1.165) is 37.1 Å². The maximum Gasteiger partial charge on any atom is 0.228 e. The van der Waals surface area contributed by atoms with Gasteiger partial charge in [-0.1, -0.05) is 24.3 Å². The lowest BCUT2D eigenvalue weighted by Gasteiger charge is -2.25. The van der Waals surface area contributed by atoms with E-state index < -0.39 is 0 Å². The van der Waals surface area contributed by atoms with Crippen molar-refractivity contribution in [1.82, 2.24) is 20.7 Å². The Morgan fingerprint density at radius 3 is 2.62 bits per heavy atom. The van der Waals surface area contributed by atoms with E-state index in [4.69, 9.17) is 0 Å². The molecular formula is C19H22N4O. The second-order valence-electron chi connectivity index (χ2n) is 6.60. The van der Waals surface area contributed by atoms with Crippen molar-refractivity contribution < 1.29 is 4.79 Å². The summed E-state index contributed by atoms with van der Waals surface area (Å²) in [5.41, 5.74) is 9.54. The van der Waals surface area contributed by atoms with Gasteiger partial charge in [-0.05, 0) is 41.7 Å². The van der Waals surface area contributed by atoms with Gasteiger partial charge in [-0.3, -0.25) is 20.6 Å². The molecule has 4 rings (SSSR count). The van der Waals surface area contributed by atoms with Gasteiger partial charge < -0.3 is 4.90 Å². The summed E-state index contributed by atoms with van der Waals surface area (Å²) in [7, 11) is 0. The number of rotatable bonds is 5. The van der Waals surface area contributed by atoms with Crippen LogP contribution in [0, 0.1) is 5.92 Å². The van der Waals surface area contributed by atoms with Crippen LogP contribution < -0.4 is 10.9 Å². The van der Waals surface area contributed by atoms with E-state index in [1.807, 2.05) is 12.3 Å². The van der Waals surface area contributed by atoms with E-state index >= 15 is 0 Å². The topological polar surface area (TPSA) is 57.3 Å². The molecule has 24 heavy (non-hydrogen) atoms. The second-order valence-corrected chi connectivity index (χ2v) is 6.60. The number of amides is 1. The third kappa shape index (κ3) is 3.32. The Bertz CT molecular complexity index is 708. The third-order valence-electron chi connectivity index (χ3n) is 4.72. The summed E-state index contributed by atoms with van der Waals surface area (Å²) >= 11 is 0. The number of hydrogen-bond acceptors (Lipinski definition) is 4. The van der Waals surface area contributed by atoms with Crippen LogP contribution in [0.3, 0.4) is 0 Å². The van der Waals surface area contributed by atoms with E-state index in [9.17, 15) is 4.79 Å². The highest BCUT2D eigenvalue weighted by atomic mass is 16.2. The molecule has 2 N–H and O–H groups in total. The highest BCUT2D eigenvalue weighted by Crippen LogP contribution is 2.30. The molecule has 0 unspecified atom stereocenters. The Balaban J connectivity index is 1.53. The molecule has 1 saturated heterocycles. The van der Waals surface area contributed by atoms with Crippen molar-refractivity contribution in [2.45, 2.75) is 25.4 Å². The number of nitrogens with one attached hydrogen (secondary N) is 2. The normalized spacial score (nSPS) is 17.8. The van der Waals surface area contributed by atoms with Crippen LogP contribution in [-0.2, 0) is 11.3 Å². The van der Waals surface area contributed by atoms with Crippen LogP contribution in [-0.4, -0.2) is 34.9 Å². The first-order valence-electron chi connectivity index (χ1n) is 8.57. The molecule has 5 heteroatoms. The lowest BCUT2D eigenvalue weighted by Crippen LogP contribution is -2.39. The van der Waals surface area contributed by atoms with Gasteiger partial charge in [0.25, 0.3) is 0 Å². The average molecular weight is 322 g/mol. The molecule has 1 saturated carbocycles. The van der Waals surface area contributed by atoms with Gasteiger partial charge in [-0.15, -0.1) is 0 Å². The molecular weight excluding hydrogens is 300 g/mol. The molecule has 0 radical (unpaired) electrons. The molecule has 2 heterocycles. The van der Waals surface area contributed by atoms with Gasteiger partial charge >= 0.3 is 0 Å². The lowest BCUT2D eigenvalue weighted by molar-refractivity contribution is -0.135. The molecule has 2 aromatic rings. The molecule has 0 spiro atoms. The van der Waals surface area contributed by atoms with Crippen molar-refractivity contribution >= 4 is 5.91 Å². The first-order chi connectivity index (χ1) is 11.8. The molecule has 124 valence electrons. The minimum Gasteiger partial charge on any atom is -0.335 e. The zero-order valence-corrected chi connectivity index (χ0v) is 13.6. The van der Waals surface area contributed by atoms with Crippen LogP contribution in [0.15, 0.2) is 48.8 Å². The van der Waals surface area contributed by atoms with E-state index in [-0.39, 0.29) is 11.8 Å². The molecule has 2 aliphatic rings. The lowest BCUT2D eigenvalue weighted by atomic mass is 10.0. The van der Waals surface area contributed by atoms with Crippen LogP contribution in [0.5, 0.6) is 0 Å². The van der Waals surface area contributed by atoms with Crippen molar-refractivity contribution in [2.75, 3.05) is 13.1 Å². The minimum absolute atomic E-state index is 0.0482. The largest absolute Gasteiger partial charge is 0.335 e. The molecule has 5 nitrogen and oxygen atoms in total. The quantitative estimate of drug-likeness (QED) is 0.884. The Labute approximate surface area is 142 Å². The monoisotopic (exact) mass is 322 g/mol. The van der Waals surface area contributed by atoms with Crippen LogP contribution in [0.1, 0.15) is 18.4 Å². The number of carbonyl (C=O) groups is 1. The number of aromatic nitrogens is 1. The predicted octanol–water partition coefficient (Wildman–Crippen LogP) is 1.96. The number of hydrazine groups is 1. The molecule has 0 bridgehead atoms. The van der Waals surface area contributed by atoms with Crippen LogP contribution in [0.4, 0.5) is 0 Å². The van der Waals surface area contributed by atoms with E-state index in [0.29, 0.717) is 12.6 Å². The second kappa shape index (κ2) is 6.71. The smallest absolute Gasteiger partial charge is 0.228 e. The van der Waals surface area contributed by atoms with Crippen LogP contribution in [0.25, 0.3) is 11.1 Å². The maximum atomic E-state index is 12.8. The number of nitrogens with zero attached hydrogens (tertiary/aromatic N) is 2. The standard InChI is InChI=1S/C19H22N4O/c24-19(17-11-21-22-12-17)23(18-6-7-18)13-14-3-1-4-15(9-14)16-5-2-8-20-10-16/h1-5,8-10,17-18,21-22H,6-7,11-13H2. The number of hydrogen-bond donors (Lipinski definition) is 2. The fourth-order valence-corrected chi connectivity index (χ4v) is 3.22. The summed E-state index contributed by atoms with van der Waals surface area (Å²) in [6, 6.07) is 12.9. The molecule has 2 fully saturated rings. The van der Waals surface area contributed by atoms with Crippen LogP contribution in [0.2, 0.25) is 0 Å². The number of carbonyl (C=O) groups excluding carboxylic acids is 1. The fourth-order valence-electron chi connectivity index (χ4n) is 3.22. The first kappa shape index (κ1) is 15.3. The Kier molecular flexibility index (Phi) is 4.28. The van der Waals surface area contributed by atoms with Crippen molar-refractivity contribution in [3.05, 3.63) is 54.4 Å². The Morgan fingerprint density at radius 2 is 1.92 bits per heavy atom. The zero-order valence-electron chi connectivity index (χ0n) is 13.6. The summed E-state index contributed by atoms with van der Waals surface area (Å²) in [4.78, 5) is 19.1. The van der Waals surface area contributed by atoms with Gasteiger partial charge in [0, 0.05) is 38.1 Å². The van der Waals surface area contributed by atoms with Gasteiger partial charge in [0.15, 0.2) is 0 Å². The van der Waals surface area contributed by atoms with Crippen molar-refractivity contribution in [1.29, 1.82) is 0 Å². The van der Waals surface area contributed by atoms with E-state index in [1.54, 1.807) is 6.20 Å². The van der Waals surface area contributed by atoms with Gasteiger partial charge in [0.1, 0.15) is 0 Å². The average Bonchev–Trinajstić information content (AvgIpc) is 3.33. The summed E-state index contributed by atoms with van der Waals surface area (Å²) in [5.74, 6) is 0.314. The number of benzene rings is 1. The Hall–Kier alpha value is -2.24. The third-order valence-corrected chi connectivity index (χ3v) is 4.72. The molecule has 0 atom stereocenters. The van der Waals surface area contributed by atoms with Gasteiger partial charge in [0.05, 0.1) is 5.92 Å². The highest BCUT2D eigenvalue weighted by Gasteiger charge is 2.36. The maximum absolute atomic E-state index is 12.8. The molecule has 1 amide bonds. The summed E-state index contributed by atoms with van der Waals surface area (Å²) in [6.45, 7) is 2.13. The molecule has 1 aliphatic carbocycles. The van der Waals surface area contributed by atoms with Gasteiger partial charge in [0.2, 0.25) is 5.91 Å². The molecule has 1 aromatic carbocycles.